The van der Waals surface area contributed by atoms with Gasteiger partial charge in [-0.25, -0.2) is 0 Å². The van der Waals surface area contributed by atoms with Crippen molar-refractivity contribution in [3.63, 3.8) is 0 Å². The van der Waals surface area contributed by atoms with Gasteiger partial charge < -0.3 is 4.74 Å². The maximum absolute atomic E-state index is 5.24. The second-order valence-corrected chi connectivity index (χ2v) is 7.41. The molecule has 0 aromatic heterocycles. The first-order valence-electron chi connectivity index (χ1n) is 9.25. The molecule has 0 N–H and O–H groups in total. The van der Waals surface area contributed by atoms with E-state index in [0.29, 0.717) is 11.8 Å². The fourth-order valence-electron chi connectivity index (χ4n) is 3.91. The van der Waals surface area contributed by atoms with E-state index in [1.807, 2.05) is 0 Å². The third-order valence-electron chi connectivity index (χ3n) is 5.64. The van der Waals surface area contributed by atoms with E-state index >= 15 is 0 Å². The van der Waals surface area contributed by atoms with Crippen LogP contribution in [-0.4, -0.2) is 7.11 Å². The van der Waals surface area contributed by atoms with Crippen molar-refractivity contribution >= 4 is 0 Å². The molecule has 2 unspecified atom stereocenters. The quantitative estimate of drug-likeness (QED) is 0.608. The maximum Gasteiger partial charge on any atom is 0.118 e. The minimum absolute atomic E-state index is 0.570. The first-order valence-corrected chi connectivity index (χ1v) is 9.25. The van der Waals surface area contributed by atoms with Crippen molar-refractivity contribution in [1.82, 2.24) is 0 Å². The lowest BCUT2D eigenvalue weighted by molar-refractivity contribution is 0.329. The van der Waals surface area contributed by atoms with Gasteiger partial charge in [0.15, 0.2) is 0 Å². The van der Waals surface area contributed by atoms with Crippen LogP contribution in [0.1, 0.15) is 56.9 Å². The van der Waals surface area contributed by atoms with Gasteiger partial charge >= 0.3 is 0 Å². The molecular formula is C22H30O. The molecule has 1 saturated carbocycles. The highest BCUT2D eigenvalue weighted by molar-refractivity contribution is 5.32. The molecule has 0 spiro atoms. The van der Waals surface area contributed by atoms with E-state index in [2.05, 4.69) is 55.5 Å². The van der Waals surface area contributed by atoms with Gasteiger partial charge in [-0.15, -0.1) is 0 Å². The smallest absolute Gasteiger partial charge is 0.118 e. The first kappa shape index (κ1) is 16.4. The fourth-order valence-corrected chi connectivity index (χ4v) is 3.91. The summed E-state index contributed by atoms with van der Waals surface area (Å²) in [6.07, 6.45) is 17.9. The molecule has 1 heteroatoms. The summed E-state index contributed by atoms with van der Waals surface area (Å²) in [5.41, 5.74) is 1.41. The molecule has 2 aliphatic carbocycles. The van der Waals surface area contributed by atoms with Crippen LogP contribution in [0.3, 0.4) is 0 Å². The molecule has 0 radical (unpaired) electrons. The highest BCUT2D eigenvalue weighted by Crippen LogP contribution is 2.33. The highest BCUT2D eigenvalue weighted by Gasteiger charge is 2.18. The molecule has 1 aromatic rings. The number of methoxy groups -OCH3 is 1. The Hall–Kier alpha value is -1.50. The van der Waals surface area contributed by atoms with Gasteiger partial charge in [0.1, 0.15) is 5.75 Å². The van der Waals surface area contributed by atoms with Crippen LogP contribution in [0.15, 0.2) is 48.6 Å². The number of hydrogen-bond acceptors (Lipinski definition) is 1. The molecule has 2 atom stereocenters. The average Bonchev–Trinajstić information content (AvgIpc) is 2.62. The van der Waals surface area contributed by atoms with Crippen LogP contribution in [-0.2, 0) is 0 Å². The van der Waals surface area contributed by atoms with Crippen molar-refractivity contribution in [2.75, 3.05) is 7.11 Å². The Morgan fingerprint density at radius 2 is 1.61 bits per heavy atom. The lowest BCUT2D eigenvalue weighted by atomic mass is 9.81. The molecule has 0 bridgehead atoms. The fraction of sp³-hybridized carbons (Fsp3) is 0.545. The molecule has 1 nitrogen and oxygen atoms in total. The third kappa shape index (κ3) is 4.50. The largest absolute Gasteiger partial charge is 0.497 e. The molecule has 0 aliphatic heterocycles. The normalized spacial score (nSPS) is 31.4. The first-order chi connectivity index (χ1) is 11.2. The molecule has 2 aliphatic rings. The van der Waals surface area contributed by atoms with Crippen LogP contribution < -0.4 is 4.74 Å². The Bertz CT molecular complexity index is 532. The predicted molar refractivity (Wildman–Crippen MR) is 97.9 cm³/mol. The van der Waals surface area contributed by atoms with E-state index < -0.39 is 0 Å². The zero-order chi connectivity index (χ0) is 16.1. The maximum atomic E-state index is 5.24. The zero-order valence-corrected chi connectivity index (χ0v) is 14.6. The summed E-state index contributed by atoms with van der Waals surface area (Å²) in [5, 5.41) is 0. The van der Waals surface area contributed by atoms with Crippen molar-refractivity contribution in [3.05, 3.63) is 54.1 Å². The Balaban J connectivity index is 1.53. The van der Waals surface area contributed by atoms with Crippen molar-refractivity contribution in [2.45, 2.75) is 51.4 Å². The van der Waals surface area contributed by atoms with E-state index in [9.17, 15) is 0 Å². The van der Waals surface area contributed by atoms with Gasteiger partial charge in [0.25, 0.3) is 0 Å². The van der Waals surface area contributed by atoms with Crippen LogP contribution in [0.5, 0.6) is 5.75 Å². The number of rotatable bonds is 4. The van der Waals surface area contributed by atoms with Gasteiger partial charge in [-0.3, -0.25) is 0 Å². The summed E-state index contributed by atoms with van der Waals surface area (Å²) in [6, 6.07) is 8.54. The molecular weight excluding hydrogens is 280 g/mol. The summed E-state index contributed by atoms with van der Waals surface area (Å²) < 4.78 is 5.24. The number of ether oxygens (including phenoxy) is 1. The molecule has 0 heterocycles. The Morgan fingerprint density at radius 3 is 2.22 bits per heavy atom. The predicted octanol–water partition coefficient (Wildman–Crippen LogP) is 6.13. The standard InChI is InChI=1S/C22H30O/c1-17-3-5-18(6-4-17)7-8-19-9-11-20(12-10-19)21-13-15-22(23-2)16-14-21/h7-9,11,13-20H,3-6,10,12H2,1-2H3/b8-7+. The van der Waals surface area contributed by atoms with Gasteiger partial charge in [0.05, 0.1) is 7.11 Å². The number of allylic oxidation sites excluding steroid dienone is 4. The molecule has 23 heavy (non-hydrogen) atoms. The summed E-state index contributed by atoms with van der Waals surface area (Å²) in [4.78, 5) is 0. The lowest BCUT2D eigenvalue weighted by Gasteiger charge is -2.25. The number of benzene rings is 1. The summed E-state index contributed by atoms with van der Waals surface area (Å²) >= 11 is 0. The van der Waals surface area contributed by atoms with Gasteiger partial charge in [-0.05, 0) is 61.1 Å². The SMILES string of the molecule is COc1ccc(C2C=CC(/C=C/C3CCC(C)CC3)CC2)cc1. The average molecular weight is 310 g/mol. The molecule has 0 saturated heterocycles. The monoisotopic (exact) mass is 310 g/mol. The number of hydrogen-bond donors (Lipinski definition) is 0. The van der Waals surface area contributed by atoms with Crippen LogP contribution >= 0.6 is 0 Å². The van der Waals surface area contributed by atoms with Gasteiger partial charge in [-0.1, -0.05) is 56.2 Å². The van der Waals surface area contributed by atoms with Crippen molar-refractivity contribution < 1.29 is 4.74 Å². The van der Waals surface area contributed by atoms with Crippen molar-refractivity contribution in [1.29, 1.82) is 0 Å². The van der Waals surface area contributed by atoms with E-state index in [0.717, 1.165) is 17.6 Å². The highest BCUT2D eigenvalue weighted by atomic mass is 16.5. The van der Waals surface area contributed by atoms with Crippen LogP contribution in [0.4, 0.5) is 0 Å². The third-order valence-corrected chi connectivity index (χ3v) is 5.64. The Labute approximate surface area is 141 Å². The lowest BCUT2D eigenvalue weighted by Crippen LogP contribution is -2.11. The molecule has 1 fully saturated rings. The minimum Gasteiger partial charge on any atom is -0.497 e. The van der Waals surface area contributed by atoms with Crippen molar-refractivity contribution in [2.24, 2.45) is 17.8 Å². The molecule has 0 amide bonds. The second kappa shape index (κ2) is 7.86. The van der Waals surface area contributed by atoms with Crippen LogP contribution in [0, 0.1) is 17.8 Å². The van der Waals surface area contributed by atoms with Crippen LogP contribution in [0.25, 0.3) is 0 Å². The van der Waals surface area contributed by atoms with Gasteiger partial charge in [0, 0.05) is 5.92 Å². The molecule has 1 aromatic carbocycles. The van der Waals surface area contributed by atoms with E-state index in [4.69, 9.17) is 4.74 Å². The van der Waals surface area contributed by atoms with E-state index in [1.54, 1.807) is 7.11 Å². The van der Waals surface area contributed by atoms with Gasteiger partial charge in [0.2, 0.25) is 0 Å². The summed E-state index contributed by atoms with van der Waals surface area (Å²) in [5.74, 6) is 3.93. The second-order valence-electron chi connectivity index (χ2n) is 7.41. The molecule has 124 valence electrons. The summed E-state index contributed by atoms with van der Waals surface area (Å²) in [7, 11) is 1.72. The van der Waals surface area contributed by atoms with Crippen molar-refractivity contribution in [3.8, 4) is 5.75 Å². The Morgan fingerprint density at radius 1 is 0.870 bits per heavy atom. The van der Waals surface area contributed by atoms with Crippen LogP contribution in [0.2, 0.25) is 0 Å². The minimum atomic E-state index is 0.570. The summed E-state index contributed by atoms with van der Waals surface area (Å²) in [6.45, 7) is 2.39. The van der Waals surface area contributed by atoms with E-state index in [-0.39, 0.29) is 0 Å². The van der Waals surface area contributed by atoms with Gasteiger partial charge in [-0.2, -0.15) is 0 Å². The Kier molecular flexibility index (Phi) is 5.59. The zero-order valence-electron chi connectivity index (χ0n) is 14.6. The van der Waals surface area contributed by atoms with E-state index in [1.165, 1.54) is 44.1 Å². The molecule has 3 rings (SSSR count). The topological polar surface area (TPSA) is 9.23 Å².